The number of likely N-dealkylation sites (tertiary alicyclic amines) is 1. The topological polar surface area (TPSA) is 46.3 Å². The largest absolute Gasteiger partial charge is 0.397 e. The third-order valence-corrected chi connectivity index (χ3v) is 5.20. The molecule has 1 aliphatic heterocycles. The number of nitrogen functional groups attached to an aromatic ring is 1. The number of carbonyl (C=O) groups is 1. The number of anilines is 1. The Morgan fingerprint density at radius 1 is 1.55 bits per heavy atom. The zero-order chi connectivity index (χ0) is 14.3. The van der Waals surface area contributed by atoms with E-state index in [4.69, 9.17) is 5.73 Å². The highest BCUT2D eigenvalue weighted by atomic mass is 32.1. The van der Waals surface area contributed by atoms with Crippen molar-refractivity contribution in [3.05, 3.63) is 28.9 Å². The minimum atomic E-state index is -0.358. The Labute approximate surface area is 121 Å². The van der Waals surface area contributed by atoms with Crippen molar-refractivity contribution >= 4 is 33.0 Å². The summed E-state index contributed by atoms with van der Waals surface area (Å²) in [7, 11) is 0. The number of carbonyl (C=O) groups excluding carboxylic acids is 1. The van der Waals surface area contributed by atoms with Crippen LogP contribution < -0.4 is 5.73 Å². The number of hydrogen-bond donors (Lipinski definition) is 1. The molecule has 2 heterocycles. The first-order valence-corrected chi connectivity index (χ1v) is 7.69. The van der Waals surface area contributed by atoms with Crippen LogP contribution in [-0.2, 0) is 0 Å². The second kappa shape index (κ2) is 5.05. The average molecular weight is 292 g/mol. The van der Waals surface area contributed by atoms with E-state index in [-0.39, 0.29) is 17.4 Å². The molecule has 2 aromatic rings. The highest BCUT2D eigenvalue weighted by Gasteiger charge is 2.29. The summed E-state index contributed by atoms with van der Waals surface area (Å²) >= 11 is 1.29. The van der Waals surface area contributed by atoms with Crippen molar-refractivity contribution in [2.75, 3.05) is 18.8 Å². The van der Waals surface area contributed by atoms with Gasteiger partial charge in [0.2, 0.25) is 0 Å². The van der Waals surface area contributed by atoms with E-state index in [1.54, 1.807) is 12.1 Å². The van der Waals surface area contributed by atoms with Gasteiger partial charge in [-0.05, 0) is 24.5 Å². The summed E-state index contributed by atoms with van der Waals surface area (Å²) in [5, 5.41) is 0.382. The molecule has 0 spiro atoms. The number of fused-ring (bicyclic) bond motifs is 1. The molecule has 2 N–H and O–H groups in total. The molecule has 0 bridgehead atoms. The maximum atomic E-state index is 13.8. The van der Waals surface area contributed by atoms with Gasteiger partial charge in [-0.1, -0.05) is 19.4 Å². The van der Waals surface area contributed by atoms with Gasteiger partial charge in [0, 0.05) is 17.8 Å². The van der Waals surface area contributed by atoms with E-state index in [0.717, 1.165) is 30.6 Å². The molecule has 1 aromatic carbocycles. The maximum absolute atomic E-state index is 13.8. The molecule has 3 rings (SSSR count). The van der Waals surface area contributed by atoms with Crippen LogP contribution in [0.5, 0.6) is 0 Å². The number of halogens is 1. The van der Waals surface area contributed by atoms with Gasteiger partial charge >= 0.3 is 0 Å². The second-order valence-electron chi connectivity index (χ2n) is 5.27. The molecule has 1 saturated heterocycles. The molecule has 20 heavy (non-hydrogen) atoms. The van der Waals surface area contributed by atoms with E-state index in [9.17, 15) is 9.18 Å². The predicted octanol–water partition coefficient (Wildman–Crippen LogP) is 3.49. The molecule has 3 nitrogen and oxygen atoms in total. The molecule has 1 aliphatic rings. The van der Waals surface area contributed by atoms with Crippen molar-refractivity contribution < 1.29 is 9.18 Å². The van der Waals surface area contributed by atoms with Gasteiger partial charge in [-0.25, -0.2) is 4.39 Å². The Bertz CT molecular complexity index is 667. The van der Waals surface area contributed by atoms with Crippen LogP contribution in [0.3, 0.4) is 0 Å². The average Bonchev–Trinajstić information content (AvgIpc) is 3.04. The quantitative estimate of drug-likeness (QED) is 0.921. The number of nitrogens with zero attached hydrogens (tertiary/aromatic N) is 1. The Morgan fingerprint density at radius 3 is 3.00 bits per heavy atom. The van der Waals surface area contributed by atoms with Crippen molar-refractivity contribution in [3.8, 4) is 0 Å². The molecule has 5 heteroatoms. The zero-order valence-electron chi connectivity index (χ0n) is 11.4. The monoisotopic (exact) mass is 292 g/mol. The molecule has 0 saturated carbocycles. The lowest BCUT2D eigenvalue weighted by atomic mass is 10.1. The van der Waals surface area contributed by atoms with Gasteiger partial charge in [-0.15, -0.1) is 11.3 Å². The van der Waals surface area contributed by atoms with E-state index < -0.39 is 0 Å². The van der Waals surface area contributed by atoms with Gasteiger partial charge in [0.05, 0.1) is 11.1 Å². The third-order valence-electron chi connectivity index (χ3n) is 4.05. The maximum Gasteiger partial charge on any atom is 0.266 e. The van der Waals surface area contributed by atoms with Gasteiger partial charge in [-0.3, -0.25) is 4.79 Å². The fourth-order valence-corrected chi connectivity index (χ4v) is 3.89. The Hall–Kier alpha value is -1.62. The van der Waals surface area contributed by atoms with Crippen LogP contribution in [0.25, 0.3) is 10.1 Å². The van der Waals surface area contributed by atoms with Crippen LogP contribution in [0.4, 0.5) is 10.1 Å². The SMILES string of the molecule is CCC1CCN(C(=O)c2sc3cccc(F)c3c2N)C1. The minimum absolute atomic E-state index is 0.0564. The van der Waals surface area contributed by atoms with Crippen molar-refractivity contribution in [2.45, 2.75) is 19.8 Å². The van der Waals surface area contributed by atoms with E-state index in [0.29, 0.717) is 16.2 Å². The Morgan fingerprint density at radius 2 is 2.35 bits per heavy atom. The predicted molar refractivity (Wildman–Crippen MR) is 80.5 cm³/mol. The summed E-state index contributed by atoms with van der Waals surface area (Å²) < 4.78 is 14.6. The van der Waals surface area contributed by atoms with Gasteiger partial charge in [0.15, 0.2) is 0 Å². The van der Waals surface area contributed by atoms with Crippen LogP contribution in [-0.4, -0.2) is 23.9 Å². The molecule has 0 aliphatic carbocycles. The number of benzene rings is 1. The summed E-state index contributed by atoms with van der Waals surface area (Å²) in [6.45, 7) is 3.70. The van der Waals surface area contributed by atoms with Crippen LogP contribution in [0, 0.1) is 11.7 Å². The molecule has 1 unspecified atom stereocenters. The molecule has 0 radical (unpaired) electrons. The van der Waals surface area contributed by atoms with Crippen LogP contribution in [0.1, 0.15) is 29.4 Å². The smallest absolute Gasteiger partial charge is 0.266 e. The van der Waals surface area contributed by atoms with E-state index in [2.05, 4.69) is 6.92 Å². The van der Waals surface area contributed by atoms with E-state index in [1.165, 1.54) is 17.4 Å². The lowest BCUT2D eigenvalue weighted by molar-refractivity contribution is 0.0792. The normalized spacial score (nSPS) is 18.9. The van der Waals surface area contributed by atoms with Crippen molar-refractivity contribution in [1.82, 2.24) is 4.90 Å². The fraction of sp³-hybridized carbons (Fsp3) is 0.400. The lowest BCUT2D eigenvalue weighted by Gasteiger charge is -2.15. The number of amides is 1. The van der Waals surface area contributed by atoms with Crippen molar-refractivity contribution in [2.24, 2.45) is 5.92 Å². The van der Waals surface area contributed by atoms with Gasteiger partial charge in [0.1, 0.15) is 10.7 Å². The summed E-state index contributed by atoms with van der Waals surface area (Å²) in [4.78, 5) is 14.9. The fourth-order valence-electron chi connectivity index (χ4n) is 2.78. The standard InChI is InChI=1S/C15H17FN2OS/c1-2-9-6-7-18(8-9)15(19)14-13(17)12-10(16)4-3-5-11(12)20-14/h3-5,9H,2,6-8,17H2,1H3. The number of thiophene rings is 1. The highest BCUT2D eigenvalue weighted by Crippen LogP contribution is 2.36. The second-order valence-corrected chi connectivity index (χ2v) is 6.32. The minimum Gasteiger partial charge on any atom is -0.397 e. The molecule has 1 fully saturated rings. The number of rotatable bonds is 2. The van der Waals surface area contributed by atoms with Gasteiger partial charge in [0.25, 0.3) is 5.91 Å². The van der Waals surface area contributed by atoms with Crippen molar-refractivity contribution in [3.63, 3.8) is 0 Å². The zero-order valence-corrected chi connectivity index (χ0v) is 12.2. The molecule has 1 amide bonds. The van der Waals surface area contributed by atoms with Gasteiger partial charge < -0.3 is 10.6 Å². The Balaban J connectivity index is 1.96. The molecule has 1 aromatic heterocycles. The lowest BCUT2D eigenvalue weighted by Crippen LogP contribution is -2.28. The molecule has 1 atom stereocenters. The highest BCUT2D eigenvalue weighted by molar-refractivity contribution is 7.21. The summed E-state index contributed by atoms with van der Waals surface area (Å²) in [6, 6.07) is 4.82. The summed E-state index contributed by atoms with van der Waals surface area (Å²) in [6.07, 6.45) is 2.13. The van der Waals surface area contributed by atoms with E-state index in [1.807, 2.05) is 4.90 Å². The molecular formula is C15H17FN2OS. The Kier molecular flexibility index (Phi) is 3.38. The van der Waals surface area contributed by atoms with Gasteiger partial charge in [-0.2, -0.15) is 0 Å². The number of nitrogens with two attached hydrogens (primary N) is 1. The van der Waals surface area contributed by atoms with Crippen LogP contribution in [0.2, 0.25) is 0 Å². The first kappa shape index (κ1) is 13.4. The van der Waals surface area contributed by atoms with E-state index >= 15 is 0 Å². The van der Waals surface area contributed by atoms with Crippen molar-refractivity contribution in [1.29, 1.82) is 0 Å². The molecular weight excluding hydrogens is 275 g/mol. The molecule has 106 valence electrons. The third kappa shape index (κ3) is 2.06. The van der Waals surface area contributed by atoms with Crippen LogP contribution >= 0.6 is 11.3 Å². The first-order chi connectivity index (χ1) is 9.61. The summed E-state index contributed by atoms with van der Waals surface area (Å²) in [5.74, 6) is 0.161. The first-order valence-electron chi connectivity index (χ1n) is 6.87. The summed E-state index contributed by atoms with van der Waals surface area (Å²) in [5.41, 5.74) is 6.28. The number of hydrogen-bond acceptors (Lipinski definition) is 3. The van der Waals surface area contributed by atoms with Crippen LogP contribution in [0.15, 0.2) is 18.2 Å².